The Hall–Kier alpha value is -2.47. The number of sulfonamides is 1. The smallest absolute Gasteiger partial charge is 0.225 e. The summed E-state index contributed by atoms with van der Waals surface area (Å²) >= 11 is 2.47. The van der Waals surface area contributed by atoms with Crippen molar-refractivity contribution in [1.82, 2.24) is 9.78 Å². The predicted octanol–water partition coefficient (Wildman–Crippen LogP) is 5.61. The Balaban J connectivity index is 2.06. The van der Waals surface area contributed by atoms with Gasteiger partial charge in [-0.2, -0.15) is 18.3 Å². The van der Waals surface area contributed by atoms with Crippen LogP contribution in [0, 0.1) is 13.8 Å². The third kappa shape index (κ3) is 4.18. The molecule has 0 bridgehead atoms. The van der Waals surface area contributed by atoms with E-state index in [-0.39, 0.29) is 16.2 Å². The lowest BCUT2D eigenvalue weighted by Crippen LogP contribution is -2.11. The molecule has 0 radical (unpaired) electrons. The van der Waals surface area contributed by atoms with Crippen LogP contribution in [0.5, 0.6) is 0 Å². The molecule has 0 saturated heterocycles. The molecule has 0 fully saturated rings. The zero-order valence-electron chi connectivity index (χ0n) is 16.3. The summed E-state index contributed by atoms with van der Waals surface area (Å²) in [5, 5.41) is 13.2. The van der Waals surface area contributed by atoms with Gasteiger partial charge in [0.1, 0.15) is 5.00 Å². The number of benzene rings is 1. The highest BCUT2D eigenvalue weighted by atomic mass is 32.2. The van der Waals surface area contributed by atoms with Crippen molar-refractivity contribution in [2.24, 2.45) is 5.14 Å². The van der Waals surface area contributed by atoms with Gasteiger partial charge in [0.15, 0.2) is 5.69 Å². The molecule has 0 unspecified atom stereocenters. The van der Waals surface area contributed by atoms with Gasteiger partial charge in [0, 0.05) is 10.4 Å². The van der Waals surface area contributed by atoms with Gasteiger partial charge in [-0.15, -0.1) is 22.7 Å². The van der Waals surface area contributed by atoms with Crippen LogP contribution in [0.15, 0.2) is 52.1 Å². The molecule has 1 aromatic carbocycles. The molecule has 11 heteroatoms. The van der Waals surface area contributed by atoms with Crippen LogP contribution in [0.25, 0.3) is 26.7 Å². The maximum Gasteiger partial charge on any atom is 0.435 e. The first-order chi connectivity index (χ1) is 14.4. The number of aromatic nitrogens is 2. The van der Waals surface area contributed by atoms with E-state index in [0.717, 1.165) is 11.1 Å². The topological polar surface area (TPSA) is 78.0 Å². The van der Waals surface area contributed by atoms with Crippen LogP contribution >= 0.6 is 22.7 Å². The number of rotatable bonds is 4. The third-order valence-electron chi connectivity index (χ3n) is 4.51. The molecule has 2 N–H and O–H groups in total. The molecule has 31 heavy (non-hydrogen) atoms. The summed E-state index contributed by atoms with van der Waals surface area (Å²) in [6.45, 7) is 3.65. The van der Waals surface area contributed by atoms with Crippen LogP contribution in [0.3, 0.4) is 0 Å². The van der Waals surface area contributed by atoms with Crippen molar-refractivity contribution in [3.63, 3.8) is 0 Å². The van der Waals surface area contributed by atoms with Gasteiger partial charge in [0.05, 0.1) is 16.2 Å². The second kappa shape index (κ2) is 7.59. The molecule has 3 heterocycles. The molecule has 162 valence electrons. The zero-order valence-corrected chi connectivity index (χ0v) is 18.7. The van der Waals surface area contributed by atoms with E-state index in [2.05, 4.69) is 5.10 Å². The maximum atomic E-state index is 14.0. The van der Waals surface area contributed by atoms with E-state index < -0.39 is 21.9 Å². The lowest BCUT2D eigenvalue weighted by atomic mass is 10.0. The monoisotopic (exact) mass is 483 g/mol. The first kappa shape index (κ1) is 21.8. The fourth-order valence-electron chi connectivity index (χ4n) is 3.17. The van der Waals surface area contributed by atoms with Gasteiger partial charge < -0.3 is 0 Å². The van der Waals surface area contributed by atoms with E-state index >= 15 is 0 Å². The average molecular weight is 484 g/mol. The Morgan fingerprint density at radius 1 is 1.00 bits per heavy atom. The zero-order chi connectivity index (χ0) is 22.6. The van der Waals surface area contributed by atoms with Crippen LogP contribution in [-0.2, 0) is 16.2 Å². The highest BCUT2D eigenvalue weighted by molar-refractivity contribution is 7.89. The van der Waals surface area contributed by atoms with E-state index in [0.29, 0.717) is 15.4 Å². The molecule has 0 amide bonds. The summed E-state index contributed by atoms with van der Waals surface area (Å²) in [5.74, 6) is 0. The molecule has 0 spiro atoms. The number of nitrogens with zero attached hydrogens (tertiary/aromatic N) is 2. The number of nitrogens with two attached hydrogens (primary N) is 1. The maximum absolute atomic E-state index is 14.0. The van der Waals surface area contributed by atoms with Crippen molar-refractivity contribution in [3.05, 3.63) is 64.0 Å². The SMILES string of the molecule is Cc1csc(-c2c(C(F)(F)F)nn(-c3cc(C)cs3)c2-c2ccc(S(N)(=O)=O)cc2)c1. The standard InChI is InChI=1S/C20H16F3N3O2S3/c1-11-7-15(29-9-11)17-18(13-3-5-14(6-4-13)31(24,27)28)26(16-8-12(2)10-30-16)25-19(17)20(21,22)23/h3-10H,1-2H3,(H2,24,27,28). The summed E-state index contributed by atoms with van der Waals surface area (Å²) in [6.07, 6.45) is -4.68. The Kier molecular flexibility index (Phi) is 5.32. The normalized spacial score (nSPS) is 12.5. The van der Waals surface area contributed by atoms with Gasteiger partial charge in [0.2, 0.25) is 10.0 Å². The van der Waals surface area contributed by atoms with Crippen molar-refractivity contribution in [2.75, 3.05) is 0 Å². The Labute approximate surface area is 184 Å². The number of primary sulfonamides is 1. The van der Waals surface area contributed by atoms with Crippen molar-refractivity contribution < 1.29 is 21.6 Å². The summed E-state index contributed by atoms with van der Waals surface area (Å²) in [7, 11) is -3.94. The minimum absolute atomic E-state index is 0.0417. The van der Waals surface area contributed by atoms with Gasteiger partial charge in [-0.1, -0.05) is 12.1 Å². The van der Waals surface area contributed by atoms with Crippen molar-refractivity contribution in [1.29, 1.82) is 0 Å². The van der Waals surface area contributed by atoms with Gasteiger partial charge >= 0.3 is 6.18 Å². The Bertz CT molecular complexity index is 1360. The molecule has 4 aromatic rings. The summed E-state index contributed by atoms with van der Waals surface area (Å²) in [4.78, 5) is 0.300. The van der Waals surface area contributed by atoms with Crippen molar-refractivity contribution in [3.8, 4) is 26.7 Å². The van der Waals surface area contributed by atoms with Gasteiger partial charge in [-0.05, 0) is 60.0 Å². The fourth-order valence-corrected chi connectivity index (χ4v) is 5.49. The first-order valence-electron chi connectivity index (χ1n) is 8.89. The fraction of sp³-hybridized carbons (Fsp3) is 0.150. The molecule has 0 aliphatic heterocycles. The number of hydrogen-bond acceptors (Lipinski definition) is 5. The highest BCUT2D eigenvalue weighted by Gasteiger charge is 2.40. The minimum Gasteiger partial charge on any atom is -0.225 e. The molecule has 3 aromatic heterocycles. The average Bonchev–Trinajstić information content (AvgIpc) is 3.38. The predicted molar refractivity (Wildman–Crippen MR) is 116 cm³/mol. The lowest BCUT2D eigenvalue weighted by Gasteiger charge is -2.09. The second-order valence-electron chi connectivity index (χ2n) is 7.00. The highest BCUT2D eigenvalue weighted by Crippen LogP contribution is 2.45. The van der Waals surface area contributed by atoms with Crippen molar-refractivity contribution >= 4 is 32.7 Å². The van der Waals surface area contributed by atoms with E-state index in [1.54, 1.807) is 24.4 Å². The van der Waals surface area contributed by atoms with Crippen LogP contribution in [0.4, 0.5) is 13.2 Å². The lowest BCUT2D eigenvalue weighted by molar-refractivity contribution is -0.140. The molecule has 0 saturated carbocycles. The largest absolute Gasteiger partial charge is 0.435 e. The van der Waals surface area contributed by atoms with E-state index in [1.165, 1.54) is 51.6 Å². The Morgan fingerprint density at radius 2 is 1.61 bits per heavy atom. The van der Waals surface area contributed by atoms with E-state index in [9.17, 15) is 21.6 Å². The second-order valence-corrected chi connectivity index (χ2v) is 10.4. The van der Waals surface area contributed by atoms with Crippen LogP contribution < -0.4 is 5.14 Å². The molecule has 0 aliphatic rings. The van der Waals surface area contributed by atoms with Gasteiger partial charge in [0.25, 0.3) is 0 Å². The quantitative estimate of drug-likeness (QED) is 0.410. The number of hydrogen-bond donors (Lipinski definition) is 1. The summed E-state index contributed by atoms with van der Waals surface area (Å²) < 4.78 is 66.6. The van der Waals surface area contributed by atoms with Crippen molar-refractivity contribution in [2.45, 2.75) is 24.9 Å². The van der Waals surface area contributed by atoms with Crippen LogP contribution in [0.2, 0.25) is 0 Å². The number of alkyl halides is 3. The van der Waals surface area contributed by atoms with E-state index in [1.807, 2.05) is 12.3 Å². The molecular weight excluding hydrogens is 467 g/mol. The third-order valence-corrected chi connectivity index (χ3v) is 7.53. The molecular formula is C20H16F3N3O2S3. The number of aryl methyl sites for hydroxylation is 2. The van der Waals surface area contributed by atoms with Gasteiger partial charge in [-0.3, -0.25) is 0 Å². The molecule has 0 aliphatic carbocycles. The minimum atomic E-state index is -4.68. The Morgan fingerprint density at radius 3 is 2.10 bits per heavy atom. The molecule has 0 atom stereocenters. The number of halogens is 3. The van der Waals surface area contributed by atoms with E-state index in [4.69, 9.17) is 5.14 Å². The summed E-state index contributed by atoms with van der Waals surface area (Å²) in [6, 6.07) is 8.87. The molecule has 4 rings (SSSR count). The first-order valence-corrected chi connectivity index (χ1v) is 12.2. The number of thiophene rings is 2. The molecule has 5 nitrogen and oxygen atoms in total. The summed E-state index contributed by atoms with van der Waals surface area (Å²) in [5.41, 5.74) is 1.32. The van der Waals surface area contributed by atoms with Crippen LogP contribution in [-0.4, -0.2) is 18.2 Å². The van der Waals surface area contributed by atoms with Gasteiger partial charge in [-0.25, -0.2) is 18.2 Å². The van der Waals surface area contributed by atoms with Crippen LogP contribution in [0.1, 0.15) is 16.8 Å².